The van der Waals surface area contributed by atoms with Gasteiger partial charge in [0, 0.05) is 13.1 Å². The summed E-state index contributed by atoms with van der Waals surface area (Å²) in [5.74, 6) is 0.839. The van der Waals surface area contributed by atoms with Crippen molar-refractivity contribution in [1.29, 1.82) is 0 Å². The van der Waals surface area contributed by atoms with Crippen molar-refractivity contribution in [1.82, 2.24) is 10.2 Å². The average molecular weight is 232 g/mol. The molecule has 0 aliphatic carbocycles. The number of nitrogens with one attached hydrogen (secondary N) is 1. The van der Waals surface area contributed by atoms with Crippen LogP contribution in [0.1, 0.15) is 23.1 Å². The molecule has 1 aromatic carbocycles. The van der Waals surface area contributed by atoms with E-state index in [-0.39, 0.29) is 0 Å². The molecule has 0 amide bonds. The fraction of sp³-hybridized carbons (Fsp3) is 0.600. The standard InChI is InChI=1S/C15H24N2/c1-12-6-13(2)8-15(7-12)11-17-5-4-14(10-17)9-16-3/h6-8,14,16H,4-5,9-11H2,1-3H3. The quantitative estimate of drug-likeness (QED) is 0.857. The summed E-state index contributed by atoms with van der Waals surface area (Å²) in [6.07, 6.45) is 1.34. The second-order valence-electron chi connectivity index (χ2n) is 5.44. The molecule has 0 bridgehead atoms. The molecule has 0 saturated carbocycles. The average Bonchev–Trinajstić information content (AvgIpc) is 2.64. The molecule has 1 saturated heterocycles. The van der Waals surface area contributed by atoms with Crippen LogP contribution in [0.3, 0.4) is 0 Å². The molecule has 1 aliphatic rings. The van der Waals surface area contributed by atoms with Gasteiger partial charge in [-0.15, -0.1) is 0 Å². The molecule has 0 spiro atoms. The van der Waals surface area contributed by atoms with Crippen molar-refractivity contribution in [2.45, 2.75) is 26.8 Å². The molecule has 94 valence electrons. The second-order valence-corrected chi connectivity index (χ2v) is 5.44. The zero-order valence-electron chi connectivity index (χ0n) is 11.3. The molecule has 2 nitrogen and oxygen atoms in total. The van der Waals surface area contributed by atoms with E-state index in [4.69, 9.17) is 0 Å². The van der Waals surface area contributed by atoms with E-state index >= 15 is 0 Å². The minimum absolute atomic E-state index is 0.839. The van der Waals surface area contributed by atoms with Crippen LogP contribution in [0.5, 0.6) is 0 Å². The summed E-state index contributed by atoms with van der Waals surface area (Å²) in [6, 6.07) is 6.88. The van der Waals surface area contributed by atoms with Crippen molar-refractivity contribution in [3.63, 3.8) is 0 Å². The van der Waals surface area contributed by atoms with Gasteiger partial charge in [-0.25, -0.2) is 0 Å². The Kier molecular flexibility index (Phi) is 4.19. The Morgan fingerprint density at radius 1 is 1.24 bits per heavy atom. The van der Waals surface area contributed by atoms with E-state index in [2.05, 4.69) is 42.3 Å². The molecule has 1 atom stereocenters. The fourth-order valence-corrected chi connectivity index (χ4v) is 2.93. The first-order chi connectivity index (χ1) is 8.17. The van der Waals surface area contributed by atoms with Crippen LogP contribution < -0.4 is 5.32 Å². The van der Waals surface area contributed by atoms with E-state index in [0.29, 0.717) is 0 Å². The van der Waals surface area contributed by atoms with Gasteiger partial charge in [-0.2, -0.15) is 0 Å². The third-order valence-corrected chi connectivity index (χ3v) is 3.55. The van der Waals surface area contributed by atoms with Crippen molar-refractivity contribution < 1.29 is 0 Å². The molecule has 2 heteroatoms. The summed E-state index contributed by atoms with van der Waals surface area (Å²) in [6.45, 7) is 9.13. The molecule has 17 heavy (non-hydrogen) atoms. The van der Waals surface area contributed by atoms with Crippen LogP contribution in [0.2, 0.25) is 0 Å². The smallest absolute Gasteiger partial charge is 0.0234 e. The Morgan fingerprint density at radius 3 is 2.59 bits per heavy atom. The van der Waals surface area contributed by atoms with Crippen LogP contribution in [0.25, 0.3) is 0 Å². The van der Waals surface area contributed by atoms with Gasteiger partial charge in [-0.3, -0.25) is 4.90 Å². The topological polar surface area (TPSA) is 15.3 Å². The van der Waals surface area contributed by atoms with Crippen LogP contribution in [0.15, 0.2) is 18.2 Å². The SMILES string of the molecule is CNCC1CCN(Cc2cc(C)cc(C)c2)C1. The molecule has 1 aromatic rings. The lowest BCUT2D eigenvalue weighted by Gasteiger charge is -2.17. The maximum atomic E-state index is 3.29. The number of hydrogen-bond acceptors (Lipinski definition) is 2. The number of aryl methyl sites for hydroxylation is 2. The van der Waals surface area contributed by atoms with Gasteiger partial charge in [0.15, 0.2) is 0 Å². The summed E-state index contributed by atoms with van der Waals surface area (Å²) in [7, 11) is 2.05. The molecule has 1 unspecified atom stereocenters. The lowest BCUT2D eigenvalue weighted by atomic mass is 10.1. The summed E-state index contributed by atoms with van der Waals surface area (Å²) in [5, 5.41) is 3.29. The first-order valence-corrected chi connectivity index (χ1v) is 6.61. The minimum Gasteiger partial charge on any atom is -0.319 e. The normalized spacial score (nSPS) is 21.0. The van der Waals surface area contributed by atoms with Gasteiger partial charge >= 0.3 is 0 Å². The van der Waals surface area contributed by atoms with E-state index in [1.807, 2.05) is 7.05 Å². The Labute approximate surface area is 105 Å². The van der Waals surface area contributed by atoms with Gasteiger partial charge in [-0.1, -0.05) is 29.3 Å². The van der Waals surface area contributed by atoms with Crippen LogP contribution in [-0.4, -0.2) is 31.6 Å². The molecule has 2 rings (SSSR count). The van der Waals surface area contributed by atoms with E-state index < -0.39 is 0 Å². The maximum Gasteiger partial charge on any atom is 0.0234 e. The monoisotopic (exact) mass is 232 g/mol. The van der Waals surface area contributed by atoms with Crippen LogP contribution in [0.4, 0.5) is 0 Å². The summed E-state index contributed by atoms with van der Waals surface area (Å²) >= 11 is 0. The number of rotatable bonds is 4. The van der Waals surface area contributed by atoms with Crippen molar-refractivity contribution in [3.05, 3.63) is 34.9 Å². The highest BCUT2D eigenvalue weighted by Crippen LogP contribution is 2.19. The molecule has 1 heterocycles. The van der Waals surface area contributed by atoms with Gasteiger partial charge in [0.25, 0.3) is 0 Å². The highest BCUT2D eigenvalue weighted by atomic mass is 15.1. The number of likely N-dealkylation sites (tertiary alicyclic amines) is 1. The Balaban J connectivity index is 1.93. The molecule has 1 fully saturated rings. The molecule has 0 radical (unpaired) electrons. The summed E-state index contributed by atoms with van der Waals surface area (Å²) in [4.78, 5) is 2.58. The van der Waals surface area contributed by atoms with Gasteiger partial charge < -0.3 is 5.32 Å². The first kappa shape index (κ1) is 12.6. The molecular formula is C15H24N2. The minimum atomic E-state index is 0.839. The van der Waals surface area contributed by atoms with Gasteiger partial charge in [0.05, 0.1) is 0 Å². The van der Waals surface area contributed by atoms with Crippen molar-refractivity contribution in [2.24, 2.45) is 5.92 Å². The van der Waals surface area contributed by atoms with Gasteiger partial charge in [0.1, 0.15) is 0 Å². The summed E-state index contributed by atoms with van der Waals surface area (Å²) in [5.41, 5.74) is 4.23. The van der Waals surface area contributed by atoms with Crippen molar-refractivity contribution >= 4 is 0 Å². The summed E-state index contributed by atoms with van der Waals surface area (Å²) < 4.78 is 0. The Hall–Kier alpha value is -0.860. The van der Waals surface area contributed by atoms with E-state index in [9.17, 15) is 0 Å². The third-order valence-electron chi connectivity index (χ3n) is 3.55. The van der Waals surface area contributed by atoms with Gasteiger partial charge in [0.2, 0.25) is 0 Å². The number of benzene rings is 1. The Morgan fingerprint density at radius 2 is 1.94 bits per heavy atom. The molecule has 1 aliphatic heterocycles. The zero-order chi connectivity index (χ0) is 12.3. The van der Waals surface area contributed by atoms with E-state index in [0.717, 1.165) is 19.0 Å². The van der Waals surface area contributed by atoms with Gasteiger partial charge in [-0.05, 0) is 51.9 Å². The van der Waals surface area contributed by atoms with Crippen molar-refractivity contribution in [2.75, 3.05) is 26.7 Å². The second kappa shape index (κ2) is 5.65. The molecule has 1 N–H and O–H groups in total. The van der Waals surface area contributed by atoms with Crippen LogP contribution in [-0.2, 0) is 6.54 Å². The number of hydrogen-bond donors (Lipinski definition) is 1. The van der Waals surface area contributed by atoms with E-state index in [1.54, 1.807) is 0 Å². The van der Waals surface area contributed by atoms with Crippen LogP contribution >= 0.6 is 0 Å². The predicted octanol–water partition coefficient (Wildman–Crippen LogP) is 2.34. The largest absolute Gasteiger partial charge is 0.319 e. The molecule has 0 aromatic heterocycles. The number of nitrogens with zero attached hydrogens (tertiary/aromatic N) is 1. The lowest BCUT2D eigenvalue weighted by molar-refractivity contribution is 0.315. The lowest BCUT2D eigenvalue weighted by Crippen LogP contribution is -2.24. The third kappa shape index (κ3) is 3.55. The van der Waals surface area contributed by atoms with Crippen LogP contribution in [0, 0.1) is 19.8 Å². The predicted molar refractivity (Wildman–Crippen MR) is 73.2 cm³/mol. The fourth-order valence-electron chi connectivity index (χ4n) is 2.93. The van der Waals surface area contributed by atoms with E-state index in [1.165, 1.54) is 36.2 Å². The first-order valence-electron chi connectivity index (χ1n) is 6.61. The van der Waals surface area contributed by atoms with Crippen molar-refractivity contribution in [3.8, 4) is 0 Å². The highest BCUT2D eigenvalue weighted by molar-refractivity contribution is 5.28. The maximum absolute atomic E-state index is 3.29. The Bertz CT molecular complexity index is 353. The highest BCUT2D eigenvalue weighted by Gasteiger charge is 2.21. The molecular weight excluding hydrogens is 208 g/mol. The zero-order valence-corrected chi connectivity index (χ0v) is 11.3.